The van der Waals surface area contributed by atoms with Crippen molar-refractivity contribution in [2.45, 2.75) is 12.8 Å². The molecule has 0 unspecified atom stereocenters. The van der Waals surface area contributed by atoms with Crippen molar-refractivity contribution in [3.8, 4) is 0 Å². The van der Waals surface area contributed by atoms with Crippen LogP contribution in [0.3, 0.4) is 0 Å². The molecule has 0 spiro atoms. The zero-order valence-electron chi connectivity index (χ0n) is 4.33. The van der Waals surface area contributed by atoms with Crippen LogP contribution in [0.4, 0.5) is 0 Å². The first-order valence-corrected chi connectivity index (χ1v) is 2.56. The van der Waals surface area contributed by atoms with Gasteiger partial charge in [-0.15, -0.1) is 0 Å². The van der Waals surface area contributed by atoms with Crippen LogP contribution < -0.4 is 10.9 Å². The van der Waals surface area contributed by atoms with Crippen molar-refractivity contribution < 1.29 is 0 Å². The van der Waals surface area contributed by atoms with E-state index in [2.05, 4.69) is 17.4 Å². The van der Waals surface area contributed by atoms with E-state index in [-0.39, 0.29) is 0 Å². The molecule has 0 radical (unpaired) electrons. The minimum atomic E-state index is 1.07. The molecule has 0 aromatic rings. The maximum atomic E-state index is 3.74. The average Bonchev–Trinajstić information content (AvgIpc) is 1.69. The van der Waals surface area contributed by atoms with Crippen LogP contribution >= 0.6 is 0 Å². The first-order chi connectivity index (χ1) is 3.39. The van der Waals surface area contributed by atoms with E-state index in [4.69, 9.17) is 0 Å². The SMILES string of the molecule is C=C1CCCNN1. The van der Waals surface area contributed by atoms with Crippen LogP contribution in [0.25, 0.3) is 0 Å². The summed E-state index contributed by atoms with van der Waals surface area (Å²) in [5.41, 5.74) is 7.03. The first kappa shape index (κ1) is 4.65. The van der Waals surface area contributed by atoms with Crippen molar-refractivity contribution in [3.63, 3.8) is 0 Å². The molecule has 1 fully saturated rings. The molecule has 1 rings (SSSR count). The summed E-state index contributed by atoms with van der Waals surface area (Å²) in [6.07, 6.45) is 2.33. The van der Waals surface area contributed by atoms with Gasteiger partial charge in [0, 0.05) is 12.2 Å². The zero-order valence-corrected chi connectivity index (χ0v) is 4.33. The molecule has 0 bridgehead atoms. The molecule has 2 heteroatoms. The Labute approximate surface area is 43.6 Å². The fourth-order valence-electron chi connectivity index (χ4n) is 0.640. The van der Waals surface area contributed by atoms with E-state index in [0.29, 0.717) is 0 Å². The fourth-order valence-corrected chi connectivity index (χ4v) is 0.640. The topological polar surface area (TPSA) is 24.1 Å². The van der Waals surface area contributed by atoms with Crippen LogP contribution in [-0.4, -0.2) is 6.54 Å². The maximum absolute atomic E-state index is 3.74. The Bertz CT molecular complexity index is 70.1. The van der Waals surface area contributed by atoms with E-state index in [0.717, 1.165) is 18.7 Å². The van der Waals surface area contributed by atoms with E-state index in [1.165, 1.54) is 6.42 Å². The molecule has 40 valence electrons. The van der Waals surface area contributed by atoms with Crippen LogP contribution in [0, 0.1) is 0 Å². The summed E-state index contributed by atoms with van der Waals surface area (Å²) in [7, 11) is 0. The molecule has 0 aromatic heterocycles. The molecule has 7 heavy (non-hydrogen) atoms. The minimum absolute atomic E-state index is 1.07. The lowest BCUT2D eigenvalue weighted by Gasteiger charge is -2.15. The van der Waals surface area contributed by atoms with Crippen LogP contribution in [0.15, 0.2) is 12.3 Å². The van der Waals surface area contributed by atoms with Gasteiger partial charge in [0.1, 0.15) is 0 Å². The summed E-state index contributed by atoms with van der Waals surface area (Å²) in [5, 5.41) is 0. The van der Waals surface area contributed by atoms with E-state index in [9.17, 15) is 0 Å². The highest BCUT2D eigenvalue weighted by Crippen LogP contribution is 1.98. The van der Waals surface area contributed by atoms with Gasteiger partial charge in [-0.3, -0.25) is 0 Å². The second-order valence-electron chi connectivity index (χ2n) is 1.76. The predicted molar refractivity (Wildman–Crippen MR) is 29.5 cm³/mol. The second-order valence-corrected chi connectivity index (χ2v) is 1.76. The molecule has 0 aromatic carbocycles. The lowest BCUT2D eigenvalue weighted by Crippen LogP contribution is -2.35. The summed E-state index contributed by atoms with van der Waals surface area (Å²) < 4.78 is 0. The Morgan fingerprint density at radius 1 is 1.57 bits per heavy atom. The number of hydrogen-bond donors (Lipinski definition) is 2. The molecule has 1 heterocycles. The average molecular weight is 98.1 g/mol. The summed E-state index contributed by atoms with van der Waals surface area (Å²) >= 11 is 0. The molecule has 0 amide bonds. The second kappa shape index (κ2) is 1.98. The number of nitrogens with one attached hydrogen (secondary N) is 2. The monoisotopic (exact) mass is 98.1 g/mol. The molecule has 0 aliphatic carbocycles. The van der Waals surface area contributed by atoms with Crippen molar-refractivity contribution >= 4 is 0 Å². The van der Waals surface area contributed by atoms with Gasteiger partial charge < -0.3 is 5.43 Å². The van der Waals surface area contributed by atoms with E-state index in [1.807, 2.05) is 0 Å². The number of rotatable bonds is 0. The van der Waals surface area contributed by atoms with Gasteiger partial charge in [0.05, 0.1) is 0 Å². The van der Waals surface area contributed by atoms with Gasteiger partial charge in [0.2, 0.25) is 0 Å². The Kier molecular flexibility index (Phi) is 1.32. The van der Waals surface area contributed by atoms with Crippen LogP contribution in [0.5, 0.6) is 0 Å². The van der Waals surface area contributed by atoms with Gasteiger partial charge >= 0.3 is 0 Å². The molecule has 1 saturated heterocycles. The Hall–Kier alpha value is -0.500. The fraction of sp³-hybridized carbons (Fsp3) is 0.600. The standard InChI is InChI=1S/C5H10N2/c1-5-3-2-4-6-7-5/h6-7H,1-4H2. The normalized spacial score (nSPS) is 21.4. The zero-order chi connectivity index (χ0) is 5.11. The Morgan fingerprint density at radius 3 is 2.71 bits per heavy atom. The summed E-state index contributed by atoms with van der Waals surface area (Å²) in [6.45, 7) is 4.81. The third kappa shape index (κ3) is 1.20. The molecule has 2 N–H and O–H groups in total. The van der Waals surface area contributed by atoms with E-state index < -0.39 is 0 Å². The lowest BCUT2D eigenvalue weighted by molar-refractivity contribution is 0.505. The van der Waals surface area contributed by atoms with E-state index in [1.54, 1.807) is 0 Å². The van der Waals surface area contributed by atoms with Crippen molar-refractivity contribution in [2.75, 3.05) is 6.54 Å². The molecule has 1 aliphatic heterocycles. The summed E-state index contributed by atoms with van der Waals surface area (Å²) in [5.74, 6) is 0. The van der Waals surface area contributed by atoms with Gasteiger partial charge in [-0.2, -0.15) is 0 Å². The van der Waals surface area contributed by atoms with Crippen LogP contribution in [0.2, 0.25) is 0 Å². The quantitative estimate of drug-likeness (QED) is 0.458. The predicted octanol–water partition coefficient (Wildman–Crippen LogP) is 0.388. The van der Waals surface area contributed by atoms with Crippen molar-refractivity contribution in [2.24, 2.45) is 0 Å². The molecule has 0 saturated carbocycles. The molecule has 0 atom stereocenters. The summed E-state index contributed by atoms with van der Waals surface area (Å²) in [6, 6.07) is 0. The largest absolute Gasteiger partial charge is 0.326 e. The number of hydrogen-bond acceptors (Lipinski definition) is 2. The molecule has 1 aliphatic rings. The first-order valence-electron chi connectivity index (χ1n) is 2.56. The molecular weight excluding hydrogens is 88.1 g/mol. The van der Waals surface area contributed by atoms with Gasteiger partial charge in [0.25, 0.3) is 0 Å². The van der Waals surface area contributed by atoms with Crippen LogP contribution in [-0.2, 0) is 0 Å². The Morgan fingerprint density at radius 2 is 2.43 bits per heavy atom. The third-order valence-electron chi connectivity index (χ3n) is 1.05. The van der Waals surface area contributed by atoms with Gasteiger partial charge in [-0.25, -0.2) is 5.43 Å². The van der Waals surface area contributed by atoms with Crippen molar-refractivity contribution in [1.29, 1.82) is 0 Å². The third-order valence-corrected chi connectivity index (χ3v) is 1.05. The molecular formula is C5H10N2. The van der Waals surface area contributed by atoms with Crippen LogP contribution in [0.1, 0.15) is 12.8 Å². The summed E-state index contributed by atoms with van der Waals surface area (Å²) in [4.78, 5) is 0. The van der Waals surface area contributed by atoms with Gasteiger partial charge in [-0.05, 0) is 12.8 Å². The highest BCUT2D eigenvalue weighted by atomic mass is 15.4. The Balaban J connectivity index is 2.25. The maximum Gasteiger partial charge on any atom is 0.0190 e. The minimum Gasteiger partial charge on any atom is -0.326 e. The van der Waals surface area contributed by atoms with Gasteiger partial charge in [0.15, 0.2) is 0 Å². The van der Waals surface area contributed by atoms with Crippen molar-refractivity contribution in [3.05, 3.63) is 12.3 Å². The lowest BCUT2D eigenvalue weighted by atomic mass is 10.2. The smallest absolute Gasteiger partial charge is 0.0190 e. The highest BCUT2D eigenvalue weighted by Gasteiger charge is 1.97. The van der Waals surface area contributed by atoms with Gasteiger partial charge in [-0.1, -0.05) is 6.58 Å². The number of allylic oxidation sites excluding steroid dienone is 1. The number of hydrazine groups is 1. The van der Waals surface area contributed by atoms with Crippen molar-refractivity contribution in [1.82, 2.24) is 10.9 Å². The highest BCUT2D eigenvalue weighted by molar-refractivity contribution is 4.91. The van der Waals surface area contributed by atoms with E-state index >= 15 is 0 Å². The molecule has 2 nitrogen and oxygen atoms in total.